The number of carboxylic acid groups (broad SMARTS) is 1. The van der Waals surface area contributed by atoms with Crippen LogP contribution in [-0.4, -0.2) is 86.4 Å². The summed E-state index contributed by atoms with van der Waals surface area (Å²) < 4.78 is 10.4. The van der Waals surface area contributed by atoms with Gasteiger partial charge in [0, 0.05) is 52.9 Å². The number of piperidine rings is 1. The zero-order valence-corrected chi connectivity index (χ0v) is 14.0. The van der Waals surface area contributed by atoms with Crippen LogP contribution in [0.5, 0.6) is 0 Å². The van der Waals surface area contributed by atoms with Gasteiger partial charge in [0.05, 0.1) is 18.6 Å². The van der Waals surface area contributed by atoms with Crippen LogP contribution in [-0.2, 0) is 19.1 Å². The first-order valence-electron chi connectivity index (χ1n) is 8.38. The van der Waals surface area contributed by atoms with Gasteiger partial charge in [-0.1, -0.05) is 0 Å². The highest BCUT2D eigenvalue weighted by molar-refractivity contribution is 5.79. The molecule has 2 heterocycles. The molecular formula is C16H28N2O5. The molecule has 0 bridgehead atoms. The number of carboxylic acids is 1. The Morgan fingerprint density at radius 2 is 2.00 bits per heavy atom. The van der Waals surface area contributed by atoms with Crippen molar-refractivity contribution in [3.05, 3.63) is 0 Å². The number of hydrogen-bond acceptors (Lipinski definition) is 5. The van der Waals surface area contributed by atoms with E-state index in [1.807, 2.05) is 0 Å². The zero-order valence-electron chi connectivity index (χ0n) is 14.0. The first-order valence-corrected chi connectivity index (χ1v) is 8.38. The predicted molar refractivity (Wildman–Crippen MR) is 84.3 cm³/mol. The molecular weight excluding hydrogens is 300 g/mol. The second kappa shape index (κ2) is 8.61. The van der Waals surface area contributed by atoms with Crippen LogP contribution in [0.4, 0.5) is 0 Å². The first kappa shape index (κ1) is 18.2. The molecule has 7 nitrogen and oxygen atoms in total. The molecule has 1 N–H and O–H groups in total. The van der Waals surface area contributed by atoms with Crippen LogP contribution in [0.1, 0.15) is 25.7 Å². The molecule has 2 rings (SSSR count). The van der Waals surface area contributed by atoms with Gasteiger partial charge in [0.25, 0.3) is 0 Å². The zero-order chi connectivity index (χ0) is 16.7. The van der Waals surface area contributed by atoms with E-state index in [0.717, 1.165) is 39.3 Å². The molecule has 0 aromatic carbocycles. The van der Waals surface area contributed by atoms with Crippen LogP contribution >= 0.6 is 0 Å². The summed E-state index contributed by atoms with van der Waals surface area (Å²) in [5, 5.41) is 9.63. The Hall–Kier alpha value is -1.18. The maximum atomic E-state index is 12.5. The van der Waals surface area contributed by atoms with Crippen molar-refractivity contribution in [3.63, 3.8) is 0 Å². The molecule has 2 aliphatic rings. The van der Waals surface area contributed by atoms with Gasteiger partial charge in [-0.15, -0.1) is 0 Å². The van der Waals surface area contributed by atoms with Crippen molar-refractivity contribution in [2.24, 2.45) is 5.41 Å². The fourth-order valence-electron chi connectivity index (χ4n) is 3.36. The SMILES string of the molecule is COCCC1(C(=O)O)CCCN(C(=O)CCN2CCOCC2)C1. The quantitative estimate of drug-likeness (QED) is 0.730. The predicted octanol–water partition coefficient (Wildman–Crippen LogP) is 0.439. The first-order chi connectivity index (χ1) is 11.1. The van der Waals surface area contributed by atoms with Crippen LogP contribution in [0.15, 0.2) is 0 Å². The van der Waals surface area contributed by atoms with Gasteiger partial charge >= 0.3 is 5.97 Å². The number of nitrogens with zero attached hydrogens (tertiary/aromatic N) is 2. The number of methoxy groups -OCH3 is 1. The minimum atomic E-state index is -0.858. The number of carbonyl (C=O) groups excluding carboxylic acids is 1. The third-order valence-corrected chi connectivity index (χ3v) is 4.91. The van der Waals surface area contributed by atoms with Gasteiger partial charge in [-0.25, -0.2) is 0 Å². The van der Waals surface area contributed by atoms with Crippen LogP contribution < -0.4 is 0 Å². The standard InChI is InChI=1S/C16H28N2O5/c1-22-10-5-16(15(20)21)4-2-6-18(13-16)14(19)3-7-17-8-11-23-12-9-17/h2-13H2,1H3,(H,20,21). The van der Waals surface area contributed by atoms with E-state index < -0.39 is 11.4 Å². The highest BCUT2D eigenvalue weighted by Gasteiger charge is 2.43. The van der Waals surface area contributed by atoms with E-state index in [4.69, 9.17) is 9.47 Å². The lowest BCUT2D eigenvalue weighted by Gasteiger charge is -2.40. The number of amides is 1. The molecule has 1 unspecified atom stereocenters. The summed E-state index contributed by atoms with van der Waals surface area (Å²) in [4.78, 5) is 28.2. The third-order valence-electron chi connectivity index (χ3n) is 4.91. The lowest BCUT2D eigenvalue weighted by atomic mass is 9.77. The topological polar surface area (TPSA) is 79.3 Å². The van der Waals surface area contributed by atoms with Crippen molar-refractivity contribution >= 4 is 11.9 Å². The van der Waals surface area contributed by atoms with Crippen molar-refractivity contribution < 1.29 is 24.2 Å². The summed E-state index contributed by atoms with van der Waals surface area (Å²) in [5.41, 5.74) is -0.858. The number of ether oxygens (including phenoxy) is 2. The molecule has 2 aliphatic heterocycles. The average molecular weight is 328 g/mol. The van der Waals surface area contributed by atoms with Gasteiger partial charge in [0.1, 0.15) is 0 Å². The van der Waals surface area contributed by atoms with Gasteiger partial charge in [0.15, 0.2) is 0 Å². The summed E-state index contributed by atoms with van der Waals surface area (Å²) in [6.45, 7) is 5.24. The average Bonchev–Trinajstić information content (AvgIpc) is 2.59. The maximum absolute atomic E-state index is 12.5. The molecule has 1 atom stereocenters. The summed E-state index contributed by atoms with van der Waals surface area (Å²) in [6, 6.07) is 0. The van der Waals surface area contributed by atoms with Crippen molar-refractivity contribution in [1.82, 2.24) is 9.80 Å². The van der Waals surface area contributed by atoms with E-state index in [-0.39, 0.29) is 5.91 Å². The number of aliphatic carboxylic acids is 1. The second-order valence-electron chi connectivity index (χ2n) is 6.45. The summed E-state index contributed by atoms with van der Waals surface area (Å²) in [7, 11) is 1.57. The molecule has 0 aromatic heterocycles. The Labute approximate surface area is 137 Å². The lowest BCUT2D eigenvalue weighted by molar-refractivity contribution is -0.156. The summed E-state index contributed by atoms with van der Waals surface area (Å²) in [6.07, 6.45) is 2.24. The van der Waals surface area contributed by atoms with Gasteiger partial charge in [0.2, 0.25) is 5.91 Å². The van der Waals surface area contributed by atoms with Crippen LogP contribution in [0.2, 0.25) is 0 Å². The number of carbonyl (C=O) groups is 2. The molecule has 132 valence electrons. The smallest absolute Gasteiger partial charge is 0.311 e. The number of hydrogen-bond donors (Lipinski definition) is 1. The monoisotopic (exact) mass is 328 g/mol. The Balaban J connectivity index is 1.87. The molecule has 2 saturated heterocycles. The highest BCUT2D eigenvalue weighted by atomic mass is 16.5. The highest BCUT2D eigenvalue weighted by Crippen LogP contribution is 2.34. The van der Waals surface area contributed by atoms with Crippen molar-refractivity contribution in [3.8, 4) is 0 Å². The van der Waals surface area contributed by atoms with E-state index >= 15 is 0 Å². The summed E-state index contributed by atoms with van der Waals surface area (Å²) in [5.74, 6) is -0.764. The van der Waals surface area contributed by atoms with E-state index in [1.54, 1.807) is 12.0 Å². The van der Waals surface area contributed by atoms with E-state index in [1.165, 1.54) is 0 Å². The van der Waals surface area contributed by atoms with Crippen molar-refractivity contribution in [2.45, 2.75) is 25.7 Å². The molecule has 0 spiro atoms. The van der Waals surface area contributed by atoms with Gasteiger partial charge in [-0.2, -0.15) is 0 Å². The molecule has 23 heavy (non-hydrogen) atoms. The van der Waals surface area contributed by atoms with Gasteiger partial charge < -0.3 is 19.5 Å². The maximum Gasteiger partial charge on any atom is 0.311 e. The second-order valence-corrected chi connectivity index (χ2v) is 6.45. The molecule has 0 aliphatic carbocycles. The number of likely N-dealkylation sites (tertiary alicyclic amines) is 1. The fraction of sp³-hybridized carbons (Fsp3) is 0.875. The minimum absolute atomic E-state index is 0.0548. The molecule has 0 aromatic rings. The number of rotatable bonds is 7. The Bertz CT molecular complexity index is 411. The molecule has 1 amide bonds. The van der Waals surface area contributed by atoms with Crippen molar-refractivity contribution in [2.75, 3.05) is 59.7 Å². The van der Waals surface area contributed by atoms with Crippen LogP contribution in [0.3, 0.4) is 0 Å². The minimum Gasteiger partial charge on any atom is -0.481 e. The van der Waals surface area contributed by atoms with Gasteiger partial charge in [-0.3, -0.25) is 14.5 Å². The number of morpholine rings is 1. The molecule has 0 saturated carbocycles. The van der Waals surface area contributed by atoms with Crippen LogP contribution in [0.25, 0.3) is 0 Å². The Kier molecular flexibility index (Phi) is 6.80. The Morgan fingerprint density at radius 3 is 2.65 bits per heavy atom. The van der Waals surface area contributed by atoms with Crippen molar-refractivity contribution in [1.29, 1.82) is 0 Å². The molecule has 2 fully saturated rings. The largest absolute Gasteiger partial charge is 0.481 e. The Morgan fingerprint density at radius 1 is 1.26 bits per heavy atom. The van der Waals surface area contributed by atoms with E-state index in [0.29, 0.717) is 39.0 Å². The third kappa shape index (κ3) is 4.89. The normalized spacial score (nSPS) is 26.2. The molecule has 7 heteroatoms. The fourth-order valence-corrected chi connectivity index (χ4v) is 3.36. The van der Waals surface area contributed by atoms with Gasteiger partial charge in [-0.05, 0) is 19.3 Å². The molecule has 0 radical (unpaired) electrons. The van der Waals surface area contributed by atoms with E-state index in [2.05, 4.69) is 4.90 Å². The van der Waals surface area contributed by atoms with E-state index in [9.17, 15) is 14.7 Å². The van der Waals surface area contributed by atoms with Crippen LogP contribution in [0, 0.1) is 5.41 Å². The summed E-state index contributed by atoms with van der Waals surface area (Å²) >= 11 is 0. The lowest BCUT2D eigenvalue weighted by Crippen LogP contribution is -2.51.